The van der Waals surface area contributed by atoms with Gasteiger partial charge in [-0.3, -0.25) is 14.4 Å². The zero-order valence-corrected chi connectivity index (χ0v) is 20.0. The van der Waals surface area contributed by atoms with Crippen LogP contribution in [0.3, 0.4) is 0 Å². The smallest absolute Gasteiger partial charge is 0.358 e. The number of para-hydroxylation sites is 1. The van der Waals surface area contributed by atoms with Crippen LogP contribution in [-0.2, 0) is 9.59 Å². The third kappa shape index (κ3) is 8.04. The van der Waals surface area contributed by atoms with Gasteiger partial charge in [-0.15, -0.1) is 0 Å². The monoisotopic (exact) mass is 541 g/mol. The van der Waals surface area contributed by atoms with Gasteiger partial charge in [0.2, 0.25) is 3.57 Å². The molecule has 164 valence electrons. The molecule has 0 aliphatic carbocycles. The number of ether oxygens (including phenoxy) is 1. The molecule has 0 unspecified atom stereocenters. The van der Waals surface area contributed by atoms with Gasteiger partial charge in [0.05, 0.1) is 12.2 Å². The zero-order valence-electron chi connectivity index (χ0n) is 17.8. The lowest BCUT2D eigenvalue weighted by Crippen LogP contribution is -3.61. The van der Waals surface area contributed by atoms with Crippen molar-refractivity contribution in [1.29, 1.82) is 0 Å². The summed E-state index contributed by atoms with van der Waals surface area (Å²) in [6.07, 6.45) is 0.999. The number of rotatable bonds is 13. The first kappa shape index (κ1) is 23.9. The van der Waals surface area contributed by atoms with Crippen LogP contribution in [0, 0.1) is 7.14 Å². The van der Waals surface area contributed by atoms with Gasteiger partial charge in [-0.05, 0) is 36.4 Å². The van der Waals surface area contributed by atoms with Gasteiger partial charge in [-0.25, -0.2) is 0 Å². The minimum atomic E-state index is -0.455. The molecule has 0 spiro atoms. The summed E-state index contributed by atoms with van der Waals surface area (Å²) in [5, 5.41) is 0. The van der Waals surface area contributed by atoms with Crippen LogP contribution < -0.4 is 25.9 Å². The molecule has 0 fully saturated rings. The molecule has 0 bridgehead atoms. The second kappa shape index (κ2) is 12.9. The van der Waals surface area contributed by atoms with Gasteiger partial charge < -0.3 is 4.74 Å². The van der Waals surface area contributed by atoms with E-state index in [2.05, 4.69) is 12.1 Å². The molecule has 0 aliphatic rings. The van der Waals surface area contributed by atoms with E-state index in [0.717, 1.165) is 9.32 Å². The molecule has 0 N–H and O–H groups in total. The van der Waals surface area contributed by atoms with Crippen LogP contribution >= 0.6 is 0 Å². The first-order valence-electron chi connectivity index (χ1n) is 10.6. The molecule has 0 aromatic heterocycles. The number of carbonyl (C=O) groups excluding carboxylic acids is 3. The van der Waals surface area contributed by atoms with Crippen LogP contribution in [0.25, 0.3) is 0 Å². The highest BCUT2D eigenvalue weighted by Crippen LogP contribution is 2.10. The summed E-state index contributed by atoms with van der Waals surface area (Å²) in [5.74, 6) is 0.668. The van der Waals surface area contributed by atoms with Crippen LogP contribution in [0.4, 0.5) is 0 Å². The van der Waals surface area contributed by atoms with E-state index in [1.165, 1.54) is 3.57 Å². The van der Waals surface area contributed by atoms with Gasteiger partial charge >= 0.3 is 21.2 Å². The summed E-state index contributed by atoms with van der Waals surface area (Å²) in [7, 11) is 0. The normalized spacial score (nSPS) is 10.5. The Balaban J connectivity index is 1.40. The molecule has 0 atom stereocenters. The average Bonchev–Trinajstić information content (AvgIpc) is 2.83. The van der Waals surface area contributed by atoms with Crippen LogP contribution in [-0.4, -0.2) is 24.0 Å². The number of Topliss-reactive ketones (excluding diaryl/α,β-unsaturated/α-hetero) is 3. The maximum absolute atomic E-state index is 12.8. The highest BCUT2D eigenvalue weighted by atomic mass is 127. The molecule has 32 heavy (non-hydrogen) atoms. The van der Waals surface area contributed by atoms with E-state index in [4.69, 9.17) is 4.74 Å². The molecule has 0 saturated heterocycles. The highest BCUT2D eigenvalue weighted by molar-refractivity contribution is 5.98. The van der Waals surface area contributed by atoms with Crippen molar-refractivity contribution < 1.29 is 40.3 Å². The van der Waals surface area contributed by atoms with Gasteiger partial charge in [-0.1, -0.05) is 48.5 Å². The van der Waals surface area contributed by atoms with Gasteiger partial charge in [0.1, 0.15) is 17.3 Å². The van der Waals surface area contributed by atoms with Crippen molar-refractivity contribution in [2.24, 2.45) is 0 Å². The van der Waals surface area contributed by atoms with Crippen molar-refractivity contribution in [3.8, 4) is 5.75 Å². The minimum Gasteiger partial charge on any atom is -0.493 e. The summed E-state index contributed by atoms with van der Waals surface area (Å²) in [5.41, 5.74) is 0.714. The Morgan fingerprint density at radius 2 is 1.19 bits per heavy atom. The molecule has 5 heteroatoms. The van der Waals surface area contributed by atoms with Crippen molar-refractivity contribution in [2.45, 2.75) is 32.1 Å². The number of benzene rings is 3. The number of halogens is 1. The molecule has 3 aromatic carbocycles. The SMILES string of the molecule is O=C(CCOc1ccccc1)CCC(=O)CCC(=O)c1ccccc1[I+]c1ccccc1. The lowest BCUT2D eigenvalue weighted by molar-refractivity contribution is -0.597. The Bertz CT molecular complexity index is 1030. The average molecular weight is 541 g/mol. The topological polar surface area (TPSA) is 60.4 Å². The fourth-order valence-corrected chi connectivity index (χ4v) is 5.69. The molecular weight excluding hydrogens is 515 g/mol. The Kier molecular flexibility index (Phi) is 9.62. The molecule has 0 saturated carbocycles. The molecule has 3 aromatic rings. The first-order chi connectivity index (χ1) is 15.6. The molecule has 4 nitrogen and oxygen atoms in total. The molecule has 0 heterocycles. The van der Waals surface area contributed by atoms with Crippen LogP contribution in [0.5, 0.6) is 5.75 Å². The van der Waals surface area contributed by atoms with E-state index in [1.807, 2.05) is 72.8 Å². The second-order valence-corrected chi connectivity index (χ2v) is 10.2. The van der Waals surface area contributed by atoms with E-state index < -0.39 is 21.2 Å². The Morgan fingerprint density at radius 3 is 1.91 bits per heavy atom. The fourth-order valence-electron chi connectivity index (χ4n) is 3.08. The van der Waals surface area contributed by atoms with Gasteiger partial charge in [-0.2, -0.15) is 0 Å². The van der Waals surface area contributed by atoms with E-state index in [9.17, 15) is 14.4 Å². The standard InChI is InChI=1S/C27H26IO4/c29-22(15-16-23(30)19-20-32-24-11-5-2-6-12-24)17-18-27(31)25-13-7-8-14-26(25)28-21-9-3-1-4-10-21/h1-14H,15-20H2/q+1. The molecular formula is C27H26IO4+. The fraction of sp³-hybridized carbons (Fsp3) is 0.222. The first-order valence-corrected chi connectivity index (χ1v) is 12.8. The molecule has 0 radical (unpaired) electrons. The van der Waals surface area contributed by atoms with E-state index in [-0.39, 0.29) is 49.5 Å². The second-order valence-electron chi connectivity index (χ2n) is 7.28. The van der Waals surface area contributed by atoms with Crippen LogP contribution in [0.2, 0.25) is 0 Å². The van der Waals surface area contributed by atoms with Crippen molar-refractivity contribution in [3.05, 3.63) is 97.6 Å². The molecule has 0 aliphatic heterocycles. The van der Waals surface area contributed by atoms with Crippen molar-refractivity contribution >= 4 is 17.3 Å². The Labute approximate surface area is 199 Å². The van der Waals surface area contributed by atoms with Crippen molar-refractivity contribution in [2.75, 3.05) is 6.61 Å². The predicted molar refractivity (Wildman–Crippen MR) is 120 cm³/mol. The maximum atomic E-state index is 12.8. The third-order valence-electron chi connectivity index (χ3n) is 4.82. The summed E-state index contributed by atoms with van der Waals surface area (Å²) in [4.78, 5) is 37.0. The third-order valence-corrected chi connectivity index (χ3v) is 7.69. The number of hydrogen-bond acceptors (Lipinski definition) is 4. The number of hydrogen-bond donors (Lipinski definition) is 0. The maximum Gasteiger partial charge on any atom is 0.358 e. The molecule has 3 rings (SSSR count). The number of carbonyl (C=O) groups is 3. The van der Waals surface area contributed by atoms with Gasteiger partial charge in [0.15, 0.2) is 9.35 Å². The zero-order chi connectivity index (χ0) is 22.6. The highest BCUT2D eigenvalue weighted by Gasteiger charge is 2.23. The van der Waals surface area contributed by atoms with Gasteiger partial charge in [0, 0.05) is 32.1 Å². The van der Waals surface area contributed by atoms with E-state index in [1.54, 1.807) is 0 Å². The summed E-state index contributed by atoms with van der Waals surface area (Å²) >= 11 is -0.455. The lowest BCUT2D eigenvalue weighted by atomic mass is 10.0. The Hall–Kier alpha value is -2.80. The van der Waals surface area contributed by atoms with Crippen LogP contribution in [0.1, 0.15) is 42.5 Å². The quantitative estimate of drug-likeness (QED) is 0.246. The largest absolute Gasteiger partial charge is 0.493 e. The summed E-state index contributed by atoms with van der Waals surface area (Å²) in [6, 6.07) is 27.2. The van der Waals surface area contributed by atoms with E-state index in [0.29, 0.717) is 12.2 Å². The van der Waals surface area contributed by atoms with Gasteiger partial charge in [0.25, 0.3) is 0 Å². The number of ketones is 3. The minimum absolute atomic E-state index is 0.00133. The lowest BCUT2D eigenvalue weighted by Gasteiger charge is -2.05. The van der Waals surface area contributed by atoms with E-state index >= 15 is 0 Å². The van der Waals surface area contributed by atoms with Crippen LogP contribution in [0.15, 0.2) is 84.9 Å². The Morgan fingerprint density at radius 1 is 0.625 bits per heavy atom. The summed E-state index contributed by atoms with van der Waals surface area (Å²) in [6.45, 7) is 0.302. The summed E-state index contributed by atoms with van der Waals surface area (Å²) < 4.78 is 7.84. The van der Waals surface area contributed by atoms with Crippen molar-refractivity contribution in [3.63, 3.8) is 0 Å². The van der Waals surface area contributed by atoms with Crippen molar-refractivity contribution in [1.82, 2.24) is 0 Å². The predicted octanol–water partition coefficient (Wildman–Crippen LogP) is 2.17. The molecule has 0 amide bonds.